The lowest BCUT2D eigenvalue weighted by Crippen LogP contribution is -2.33. The smallest absolute Gasteiger partial charge is 0.136 e. The molecule has 80 valence electrons. The van der Waals surface area contributed by atoms with Crippen LogP contribution in [-0.2, 0) is 9.53 Å². The van der Waals surface area contributed by atoms with Gasteiger partial charge in [0.25, 0.3) is 0 Å². The van der Waals surface area contributed by atoms with Crippen LogP contribution in [0.5, 0.6) is 0 Å². The average molecular weight is 196 g/mol. The summed E-state index contributed by atoms with van der Waals surface area (Å²) in [6.45, 7) is 4.00. The van der Waals surface area contributed by atoms with Crippen molar-refractivity contribution in [2.75, 3.05) is 13.2 Å². The van der Waals surface area contributed by atoms with E-state index in [2.05, 4.69) is 6.92 Å². The second-order valence-corrected chi connectivity index (χ2v) is 4.90. The monoisotopic (exact) mass is 196 g/mol. The maximum atomic E-state index is 11.8. The molecule has 0 amide bonds. The zero-order valence-electron chi connectivity index (χ0n) is 9.00. The summed E-state index contributed by atoms with van der Waals surface area (Å²) >= 11 is 0. The van der Waals surface area contributed by atoms with Crippen LogP contribution < -0.4 is 0 Å². The molecule has 2 fully saturated rings. The largest absolute Gasteiger partial charge is 0.381 e. The van der Waals surface area contributed by atoms with Gasteiger partial charge in [-0.15, -0.1) is 0 Å². The number of rotatable bonds is 1. The van der Waals surface area contributed by atoms with Crippen molar-refractivity contribution in [3.8, 4) is 0 Å². The van der Waals surface area contributed by atoms with Crippen LogP contribution in [0.15, 0.2) is 0 Å². The molecule has 0 aromatic heterocycles. The summed E-state index contributed by atoms with van der Waals surface area (Å²) in [7, 11) is 0. The molecule has 1 saturated heterocycles. The van der Waals surface area contributed by atoms with Crippen LogP contribution in [0.3, 0.4) is 0 Å². The Hall–Kier alpha value is -0.370. The summed E-state index contributed by atoms with van der Waals surface area (Å²) in [6.07, 6.45) is 5.26. The highest BCUT2D eigenvalue weighted by Gasteiger charge is 2.33. The maximum absolute atomic E-state index is 11.8. The number of hydrogen-bond acceptors (Lipinski definition) is 2. The van der Waals surface area contributed by atoms with Gasteiger partial charge in [-0.25, -0.2) is 0 Å². The third kappa shape index (κ3) is 2.17. The average Bonchev–Trinajstić information content (AvgIpc) is 2.23. The lowest BCUT2D eigenvalue weighted by molar-refractivity contribution is -0.128. The summed E-state index contributed by atoms with van der Waals surface area (Å²) in [5.41, 5.74) is 0. The van der Waals surface area contributed by atoms with Crippen molar-refractivity contribution in [1.82, 2.24) is 0 Å². The third-order valence-electron chi connectivity index (χ3n) is 3.79. The predicted octanol–water partition coefficient (Wildman–Crippen LogP) is 2.42. The lowest BCUT2D eigenvalue weighted by Gasteiger charge is -2.34. The standard InChI is InChI=1S/C12H20O2/c1-9-2-3-12(13)11(8-9)10-4-6-14-7-5-10/h9-11H,2-8H2,1H3. The molecule has 1 aliphatic heterocycles. The summed E-state index contributed by atoms with van der Waals surface area (Å²) in [5.74, 6) is 2.26. The minimum Gasteiger partial charge on any atom is -0.381 e. The Morgan fingerprint density at radius 3 is 2.64 bits per heavy atom. The minimum atomic E-state index is 0.364. The fraction of sp³-hybridized carbons (Fsp3) is 0.917. The molecule has 2 heteroatoms. The van der Waals surface area contributed by atoms with Crippen LogP contribution in [0, 0.1) is 17.8 Å². The molecule has 0 bridgehead atoms. The fourth-order valence-corrected chi connectivity index (χ4v) is 2.83. The van der Waals surface area contributed by atoms with Gasteiger partial charge in [-0.3, -0.25) is 4.79 Å². The summed E-state index contributed by atoms with van der Waals surface area (Å²) in [5, 5.41) is 0. The first-order chi connectivity index (χ1) is 6.77. The normalized spacial score (nSPS) is 35.9. The highest BCUT2D eigenvalue weighted by atomic mass is 16.5. The topological polar surface area (TPSA) is 26.3 Å². The molecule has 0 aromatic carbocycles. The molecule has 14 heavy (non-hydrogen) atoms. The van der Waals surface area contributed by atoms with Crippen LogP contribution in [0.1, 0.15) is 39.0 Å². The predicted molar refractivity (Wildman–Crippen MR) is 55.1 cm³/mol. The van der Waals surface area contributed by atoms with Crippen LogP contribution in [0.25, 0.3) is 0 Å². The van der Waals surface area contributed by atoms with Gasteiger partial charge in [0.15, 0.2) is 0 Å². The van der Waals surface area contributed by atoms with E-state index in [0.717, 1.165) is 51.2 Å². The van der Waals surface area contributed by atoms with Gasteiger partial charge in [0.05, 0.1) is 0 Å². The Morgan fingerprint density at radius 1 is 1.21 bits per heavy atom. The van der Waals surface area contributed by atoms with Gasteiger partial charge < -0.3 is 4.74 Å². The van der Waals surface area contributed by atoms with Gasteiger partial charge in [0.1, 0.15) is 5.78 Å². The third-order valence-corrected chi connectivity index (χ3v) is 3.79. The maximum Gasteiger partial charge on any atom is 0.136 e. The van der Waals surface area contributed by atoms with Gasteiger partial charge in [0, 0.05) is 25.6 Å². The van der Waals surface area contributed by atoms with Crippen LogP contribution in [0.2, 0.25) is 0 Å². The van der Waals surface area contributed by atoms with Gasteiger partial charge in [-0.05, 0) is 37.5 Å². The van der Waals surface area contributed by atoms with E-state index in [0.29, 0.717) is 17.6 Å². The number of carbonyl (C=O) groups is 1. The Labute approximate surface area is 86.0 Å². The molecule has 1 heterocycles. The van der Waals surface area contributed by atoms with E-state index in [4.69, 9.17) is 4.74 Å². The zero-order valence-corrected chi connectivity index (χ0v) is 9.00. The number of ketones is 1. The van der Waals surface area contributed by atoms with Crippen LogP contribution in [-0.4, -0.2) is 19.0 Å². The number of carbonyl (C=O) groups excluding carboxylic acids is 1. The first-order valence-electron chi connectivity index (χ1n) is 5.88. The van der Waals surface area contributed by atoms with Crippen molar-refractivity contribution in [2.45, 2.75) is 39.0 Å². The highest BCUT2D eigenvalue weighted by molar-refractivity contribution is 5.82. The minimum absolute atomic E-state index is 0.364. The summed E-state index contributed by atoms with van der Waals surface area (Å²) < 4.78 is 5.34. The van der Waals surface area contributed by atoms with E-state index in [1.807, 2.05) is 0 Å². The zero-order chi connectivity index (χ0) is 9.97. The van der Waals surface area contributed by atoms with Crippen molar-refractivity contribution in [3.63, 3.8) is 0 Å². The van der Waals surface area contributed by atoms with E-state index in [1.54, 1.807) is 0 Å². The molecule has 2 rings (SSSR count). The van der Waals surface area contributed by atoms with Crippen molar-refractivity contribution >= 4 is 5.78 Å². The van der Waals surface area contributed by atoms with Crippen molar-refractivity contribution in [2.24, 2.45) is 17.8 Å². The molecular weight excluding hydrogens is 176 g/mol. The highest BCUT2D eigenvalue weighted by Crippen LogP contribution is 2.35. The Morgan fingerprint density at radius 2 is 1.93 bits per heavy atom. The molecule has 1 aliphatic carbocycles. The Bertz CT molecular complexity index is 206. The van der Waals surface area contributed by atoms with Crippen molar-refractivity contribution < 1.29 is 9.53 Å². The van der Waals surface area contributed by atoms with E-state index in [-0.39, 0.29) is 0 Å². The van der Waals surface area contributed by atoms with Crippen LogP contribution in [0.4, 0.5) is 0 Å². The fourth-order valence-electron chi connectivity index (χ4n) is 2.83. The molecule has 2 nitrogen and oxygen atoms in total. The number of ether oxygens (including phenoxy) is 1. The van der Waals surface area contributed by atoms with E-state index in [9.17, 15) is 4.79 Å². The van der Waals surface area contributed by atoms with Crippen LogP contribution >= 0.6 is 0 Å². The van der Waals surface area contributed by atoms with E-state index in [1.165, 1.54) is 0 Å². The Kier molecular flexibility index (Phi) is 3.22. The molecule has 2 aliphatic rings. The molecule has 2 unspecified atom stereocenters. The quantitative estimate of drug-likeness (QED) is 0.643. The second kappa shape index (κ2) is 4.43. The van der Waals surface area contributed by atoms with Gasteiger partial charge in [-0.2, -0.15) is 0 Å². The second-order valence-electron chi connectivity index (χ2n) is 4.90. The molecule has 0 radical (unpaired) electrons. The summed E-state index contributed by atoms with van der Waals surface area (Å²) in [6, 6.07) is 0. The molecular formula is C12H20O2. The molecule has 0 N–H and O–H groups in total. The number of hydrogen-bond donors (Lipinski definition) is 0. The first-order valence-corrected chi connectivity index (χ1v) is 5.88. The summed E-state index contributed by atoms with van der Waals surface area (Å²) in [4.78, 5) is 11.8. The molecule has 1 saturated carbocycles. The van der Waals surface area contributed by atoms with Gasteiger partial charge >= 0.3 is 0 Å². The van der Waals surface area contributed by atoms with E-state index < -0.39 is 0 Å². The molecule has 0 spiro atoms. The molecule has 2 atom stereocenters. The lowest BCUT2D eigenvalue weighted by atomic mass is 9.72. The first kappa shape index (κ1) is 10.2. The van der Waals surface area contributed by atoms with Crippen molar-refractivity contribution in [3.05, 3.63) is 0 Å². The van der Waals surface area contributed by atoms with E-state index >= 15 is 0 Å². The molecule has 0 aromatic rings. The van der Waals surface area contributed by atoms with Gasteiger partial charge in [0.2, 0.25) is 0 Å². The Balaban J connectivity index is 1.96. The van der Waals surface area contributed by atoms with Gasteiger partial charge in [-0.1, -0.05) is 6.92 Å². The van der Waals surface area contributed by atoms with Crippen molar-refractivity contribution in [1.29, 1.82) is 0 Å². The SMILES string of the molecule is CC1CCC(=O)C(C2CCOCC2)C1. The number of Topliss-reactive ketones (excluding diaryl/α,β-unsaturated/α-hetero) is 1.